The van der Waals surface area contributed by atoms with Crippen molar-refractivity contribution in [2.24, 2.45) is 0 Å². The SMILES string of the molecule is O=C(OCc1csc(-c2ccc(F)cc2)n1)c1cc2c(cc1[N+](=O)[O-])OCCO2. The number of carbonyl (C=O) groups is 1. The van der Waals surface area contributed by atoms with Crippen LogP contribution in [0.5, 0.6) is 11.5 Å². The lowest BCUT2D eigenvalue weighted by Gasteiger charge is -2.18. The molecule has 1 aromatic heterocycles. The van der Waals surface area contributed by atoms with E-state index in [9.17, 15) is 19.3 Å². The fourth-order valence-electron chi connectivity index (χ4n) is 2.71. The average molecular weight is 416 g/mol. The Balaban J connectivity index is 1.50. The zero-order valence-corrected chi connectivity index (χ0v) is 15.6. The van der Waals surface area contributed by atoms with Gasteiger partial charge < -0.3 is 14.2 Å². The fourth-order valence-corrected chi connectivity index (χ4v) is 3.52. The molecule has 4 rings (SSSR count). The molecule has 10 heteroatoms. The van der Waals surface area contributed by atoms with E-state index in [0.717, 1.165) is 11.6 Å². The van der Waals surface area contributed by atoms with Crippen molar-refractivity contribution in [1.82, 2.24) is 4.98 Å². The van der Waals surface area contributed by atoms with E-state index in [1.54, 1.807) is 17.5 Å². The number of thiazole rings is 1. The minimum absolute atomic E-state index is 0.165. The molecule has 0 atom stereocenters. The Morgan fingerprint density at radius 2 is 1.90 bits per heavy atom. The van der Waals surface area contributed by atoms with Crippen molar-refractivity contribution in [2.75, 3.05) is 13.2 Å². The molecule has 0 spiro atoms. The largest absolute Gasteiger partial charge is 0.486 e. The van der Waals surface area contributed by atoms with Crippen molar-refractivity contribution in [1.29, 1.82) is 0 Å². The Hall–Kier alpha value is -3.53. The van der Waals surface area contributed by atoms with Gasteiger partial charge in [-0.05, 0) is 24.3 Å². The molecule has 0 unspecified atom stereocenters. The highest BCUT2D eigenvalue weighted by Crippen LogP contribution is 2.37. The fraction of sp³-hybridized carbons (Fsp3) is 0.158. The summed E-state index contributed by atoms with van der Waals surface area (Å²) in [5.74, 6) is -0.755. The van der Waals surface area contributed by atoms with Crippen LogP contribution in [-0.4, -0.2) is 29.1 Å². The highest BCUT2D eigenvalue weighted by atomic mass is 32.1. The van der Waals surface area contributed by atoms with Crippen LogP contribution in [0.3, 0.4) is 0 Å². The maximum atomic E-state index is 13.0. The molecule has 0 N–H and O–H groups in total. The first kappa shape index (κ1) is 18.8. The molecule has 148 valence electrons. The lowest BCUT2D eigenvalue weighted by atomic mass is 10.1. The van der Waals surface area contributed by atoms with Gasteiger partial charge in [0.05, 0.1) is 16.7 Å². The average Bonchev–Trinajstić information content (AvgIpc) is 3.20. The smallest absolute Gasteiger partial charge is 0.345 e. The van der Waals surface area contributed by atoms with E-state index >= 15 is 0 Å². The van der Waals surface area contributed by atoms with Gasteiger partial charge >= 0.3 is 5.97 Å². The van der Waals surface area contributed by atoms with Gasteiger partial charge in [0.25, 0.3) is 5.69 Å². The zero-order valence-electron chi connectivity index (χ0n) is 14.8. The molecule has 0 amide bonds. The third-order valence-electron chi connectivity index (χ3n) is 4.07. The third kappa shape index (κ3) is 4.02. The first-order chi connectivity index (χ1) is 14.0. The van der Waals surface area contributed by atoms with Gasteiger partial charge in [0.15, 0.2) is 11.5 Å². The highest BCUT2D eigenvalue weighted by molar-refractivity contribution is 7.13. The lowest BCUT2D eigenvalue weighted by molar-refractivity contribution is -0.385. The molecular weight excluding hydrogens is 403 g/mol. The van der Waals surface area contributed by atoms with Crippen LogP contribution < -0.4 is 9.47 Å². The van der Waals surface area contributed by atoms with E-state index in [1.165, 1.54) is 29.5 Å². The Labute approximate surface area is 167 Å². The summed E-state index contributed by atoms with van der Waals surface area (Å²) in [5, 5.41) is 13.7. The predicted molar refractivity (Wildman–Crippen MR) is 101 cm³/mol. The summed E-state index contributed by atoms with van der Waals surface area (Å²) in [7, 11) is 0. The van der Waals surface area contributed by atoms with Gasteiger partial charge in [-0.3, -0.25) is 10.1 Å². The third-order valence-corrected chi connectivity index (χ3v) is 5.01. The summed E-state index contributed by atoms with van der Waals surface area (Å²) in [6.45, 7) is 0.389. The molecule has 1 aliphatic rings. The van der Waals surface area contributed by atoms with E-state index in [0.29, 0.717) is 10.7 Å². The molecular formula is C19H13FN2O6S. The normalized spacial score (nSPS) is 12.4. The molecule has 2 heterocycles. The summed E-state index contributed by atoms with van der Waals surface area (Å²) in [4.78, 5) is 27.5. The standard InChI is InChI=1S/C19H13FN2O6S/c20-12-3-1-11(2-4-12)18-21-13(10-29-18)9-28-19(23)14-7-16-17(27-6-5-26-16)8-15(14)22(24)25/h1-4,7-8,10H,5-6,9H2. The molecule has 0 fully saturated rings. The number of carbonyl (C=O) groups excluding carboxylic acids is 1. The first-order valence-corrected chi connectivity index (χ1v) is 9.35. The van der Waals surface area contributed by atoms with Crippen LogP contribution >= 0.6 is 11.3 Å². The van der Waals surface area contributed by atoms with Crippen molar-refractivity contribution in [3.05, 3.63) is 69.0 Å². The number of nitro benzene ring substituents is 1. The van der Waals surface area contributed by atoms with Crippen molar-refractivity contribution < 1.29 is 28.3 Å². The molecule has 0 aliphatic carbocycles. The highest BCUT2D eigenvalue weighted by Gasteiger charge is 2.27. The molecule has 0 radical (unpaired) electrons. The van der Waals surface area contributed by atoms with Gasteiger partial charge in [-0.15, -0.1) is 11.3 Å². The molecule has 0 saturated carbocycles. The predicted octanol–water partition coefficient (Wildman–Crippen LogP) is 3.99. The van der Waals surface area contributed by atoms with Gasteiger partial charge in [0.2, 0.25) is 0 Å². The van der Waals surface area contributed by atoms with E-state index in [4.69, 9.17) is 14.2 Å². The summed E-state index contributed by atoms with van der Waals surface area (Å²) < 4.78 is 28.9. The Bertz CT molecular complexity index is 1080. The minimum Gasteiger partial charge on any atom is -0.486 e. The molecule has 8 nitrogen and oxygen atoms in total. The number of rotatable bonds is 5. The number of aromatic nitrogens is 1. The van der Waals surface area contributed by atoms with Crippen LogP contribution in [0.2, 0.25) is 0 Å². The number of hydrogen-bond donors (Lipinski definition) is 0. The second-order valence-electron chi connectivity index (χ2n) is 6.00. The van der Waals surface area contributed by atoms with E-state index in [-0.39, 0.29) is 42.7 Å². The number of esters is 1. The Kier molecular flexibility index (Phi) is 5.09. The molecule has 0 saturated heterocycles. The second-order valence-corrected chi connectivity index (χ2v) is 6.86. The van der Waals surface area contributed by atoms with Gasteiger partial charge in [0.1, 0.15) is 36.2 Å². The minimum atomic E-state index is -0.870. The van der Waals surface area contributed by atoms with Crippen molar-refractivity contribution in [3.8, 4) is 22.1 Å². The van der Waals surface area contributed by atoms with Crippen LogP contribution in [0.25, 0.3) is 10.6 Å². The van der Waals surface area contributed by atoms with Crippen molar-refractivity contribution >= 4 is 23.0 Å². The number of hydrogen-bond acceptors (Lipinski definition) is 8. The molecule has 2 aromatic carbocycles. The Morgan fingerprint density at radius 1 is 1.21 bits per heavy atom. The van der Waals surface area contributed by atoms with Crippen LogP contribution in [0.1, 0.15) is 16.1 Å². The maximum absolute atomic E-state index is 13.0. The molecule has 0 bridgehead atoms. The second kappa shape index (κ2) is 7.84. The van der Waals surface area contributed by atoms with Gasteiger partial charge in [-0.2, -0.15) is 0 Å². The number of ether oxygens (including phenoxy) is 3. The van der Waals surface area contributed by atoms with E-state index in [2.05, 4.69) is 4.98 Å². The van der Waals surface area contributed by atoms with E-state index < -0.39 is 16.6 Å². The summed E-state index contributed by atoms with van der Waals surface area (Å²) in [5.41, 5.74) is 0.553. The van der Waals surface area contributed by atoms with Crippen LogP contribution in [-0.2, 0) is 11.3 Å². The molecule has 29 heavy (non-hydrogen) atoms. The monoisotopic (exact) mass is 416 g/mol. The number of nitro groups is 1. The Morgan fingerprint density at radius 3 is 2.59 bits per heavy atom. The first-order valence-electron chi connectivity index (χ1n) is 8.47. The van der Waals surface area contributed by atoms with Gasteiger partial charge in [0, 0.05) is 17.0 Å². The maximum Gasteiger partial charge on any atom is 0.345 e. The summed E-state index contributed by atoms with van der Waals surface area (Å²) in [6.07, 6.45) is 0. The van der Waals surface area contributed by atoms with Crippen LogP contribution in [0.4, 0.5) is 10.1 Å². The van der Waals surface area contributed by atoms with Crippen LogP contribution in [0.15, 0.2) is 41.8 Å². The molecule has 1 aliphatic heterocycles. The summed E-state index contributed by atoms with van der Waals surface area (Å²) >= 11 is 1.31. The van der Waals surface area contributed by atoms with Crippen LogP contribution in [0, 0.1) is 15.9 Å². The van der Waals surface area contributed by atoms with E-state index in [1.807, 2.05) is 0 Å². The number of nitrogens with zero attached hydrogens (tertiary/aromatic N) is 2. The number of benzene rings is 2. The zero-order chi connectivity index (χ0) is 20.4. The lowest BCUT2D eigenvalue weighted by Crippen LogP contribution is -2.17. The van der Waals surface area contributed by atoms with Gasteiger partial charge in [-0.25, -0.2) is 14.2 Å². The number of halogens is 1. The van der Waals surface area contributed by atoms with Crippen molar-refractivity contribution in [3.63, 3.8) is 0 Å². The quantitative estimate of drug-likeness (QED) is 0.352. The topological polar surface area (TPSA) is 101 Å². The summed E-state index contributed by atoms with van der Waals surface area (Å²) in [6, 6.07) is 8.26. The number of fused-ring (bicyclic) bond motifs is 1. The van der Waals surface area contributed by atoms with Crippen molar-refractivity contribution in [2.45, 2.75) is 6.61 Å². The van der Waals surface area contributed by atoms with Gasteiger partial charge in [-0.1, -0.05) is 0 Å². The molecule has 3 aromatic rings.